The van der Waals surface area contributed by atoms with Gasteiger partial charge >= 0.3 is 0 Å². The zero-order valence-electron chi connectivity index (χ0n) is 38.9. The molecule has 0 saturated carbocycles. The fraction of sp³-hybridized carbons (Fsp3) is 0. The Morgan fingerprint density at radius 1 is 0.297 bits per heavy atom. The van der Waals surface area contributed by atoms with E-state index in [1.807, 2.05) is 155 Å². The summed E-state index contributed by atoms with van der Waals surface area (Å²) in [6.45, 7) is 0. The molecule has 0 fully saturated rings. The molecule has 0 aliphatic heterocycles. The number of hydrogen-bond donors (Lipinski definition) is 0. The zero-order valence-corrected chi connectivity index (χ0v) is 38.9. The molecule has 10 aromatic carbocycles. The molecule has 9 heteroatoms. The molecule has 2 aromatic heterocycles. The number of aromatic nitrogens is 2. The van der Waals surface area contributed by atoms with E-state index in [1.54, 1.807) is 36.4 Å². The Morgan fingerprint density at radius 3 is 0.878 bits per heavy atom. The van der Waals surface area contributed by atoms with Gasteiger partial charge in [0.25, 0.3) is 0 Å². The predicted octanol–water partition coefficient (Wildman–Crippen LogP) is 15.9. The normalized spacial score (nSPS) is 11.0. The van der Waals surface area contributed by atoms with Gasteiger partial charge in [-0.15, -0.1) is 0 Å². The summed E-state index contributed by atoms with van der Waals surface area (Å²) >= 11 is 0. The Labute approximate surface area is 423 Å². The molecule has 7 nitrogen and oxygen atoms in total. The third-order valence-corrected chi connectivity index (χ3v) is 13.9. The number of hydrogen-bond acceptors (Lipinski definition) is 5. The summed E-state index contributed by atoms with van der Waals surface area (Å²) in [5, 5.41) is 55.4. The highest BCUT2D eigenvalue weighted by Crippen LogP contribution is 2.44. The van der Waals surface area contributed by atoms with E-state index in [1.165, 1.54) is 18.2 Å². The molecule has 342 valence electrons. The van der Waals surface area contributed by atoms with Crippen molar-refractivity contribution in [2.75, 3.05) is 0 Å². The SMILES string of the molecule is N#Cc1ccccc1-c1ccc2c(c1)c1cc(-c3ccccc3C#N)ccc1n2-c1cc(-c2c(F)cccc2F)cc(-n2c3ccc(-c4ccccc4C#N)cc3c3cc(-c4ccccc4C#N)ccc32)c1C#N. The van der Waals surface area contributed by atoms with Gasteiger partial charge in [0.05, 0.1) is 85.5 Å². The molecule has 2 heterocycles. The minimum absolute atomic E-state index is 0.174. The van der Waals surface area contributed by atoms with Crippen molar-refractivity contribution >= 4 is 43.6 Å². The second kappa shape index (κ2) is 17.8. The molecule has 0 bridgehead atoms. The van der Waals surface area contributed by atoms with Gasteiger partial charge in [0, 0.05) is 21.5 Å². The Bertz CT molecular complexity index is 4090. The Morgan fingerprint density at radius 2 is 0.595 bits per heavy atom. The highest BCUT2D eigenvalue weighted by atomic mass is 19.1. The standard InChI is InChI=1S/C65H33F2N7/c66-57-18-9-19-58(67)65(57)47-32-63(73-59-24-20-39(48-14-5-1-10-43(48)34-68)28-52(59)53-29-40(21-25-60(53)73)49-15-6-2-11-44(49)35-69)56(38-72)64(33-47)74-61-26-22-41(50-16-7-3-12-45(50)36-70)30-54(61)55-31-42(23-27-62(55)74)51-17-8-4-13-46(51)37-71/h1-33H. The van der Waals surface area contributed by atoms with Crippen molar-refractivity contribution in [2.24, 2.45) is 0 Å². The first-order chi connectivity index (χ1) is 36.3. The van der Waals surface area contributed by atoms with Crippen LogP contribution in [0.4, 0.5) is 8.78 Å². The van der Waals surface area contributed by atoms with Crippen LogP contribution in [-0.4, -0.2) is 9.13 Å². The van der Waals surface area contributed by atoms with Crippen molar-refractivity contribution in [3.05, 3.63) is 240 Å². The Balaban J connectivity index is 1.21. The van der Waals surface area contributed by atoms with Gasteiger partial charge in [0.15, 0.2) is 0 Å². The van der Waals surface area contributed by atoms with E-state index in [9.17, 15) is 26.3 Å². The van der Waals surface area contributed by atoms with Gasteiger partial charge in [-0.3, -0.25) is 0 Å². The third-order valence-electron chi connectivity index (χ3n) is 13.9. The van der Waals surface area contributed by atoms with Crippen LogP contribution in [0.1, 0.15) is 27.8 Å². The lowest BCUT2D eigenvalue weighted by molar-refractivity contribution is 0.589. The van der Waals surface area contributed by atoms with Gasteiger partial charge in [-0.2, -0.15) is 26.3 Å². The van der Waals surface area contributed by atoms with Crippen LogP contribution < -0.4 is 0 Å². The number of benzene rings is 10. The molecular formula is C65H33F2N7. The van der Waals surface area contributed by atoms with Gasteiger partial charge in [0.1, 0.15) is 23.3 Å². The molecule has 0 N–H and O–H groups in total. The summed E-state index contributed by atoms with van der Waals surface area (Å²) in [6.07, 6.45) is 0. The highest BCUT2D eigenvalue weighted by Gasteiger charge is 2.26. The smallest absolute Gasteiger partial charge is 0.133 e. The molecule has 0 aliphatic rings. The van der Waals surface area contributed by atoms with Crippen LogP contribution in [0.5, 0.6) is 0 Å². The summed E-state index contributed by atoms with van der Waals surface area (Å²) in [7, 11) is 0. The molecule has 0 unspecified atom stereocenters. The van der Waals surface area contributed by atoms with Crippen molar-refractivity contribution in [2.45, 2.75) is 0 Å². The molecule has 0 radical (unpaired) electrons. The molecule has 0 saturated heterocycles. The van der Waals surface area contributed by atoms with E-state index >= 15 is 8.78 Å². The fourth-order valence-electron chi connectivity index (χ4n) is 10.6. The maximum absolute atomic E-state index is 16.3. The van der Waals surface area contributed by atoms with Crippen molar-refractivity contribution in [1.29, 1.82) is 26.3 Å². The van der Waals surface area contributed by atoms with Crippen molar-refractivity contribution in [1.82, 2.24) is 9.13 Å². The number of rotatable bonds is 7. The lowest BCUT2D eigenvalue weighted by Crippen LogP contribution is -2.06. The van der Waals surface area contributed by atoms with Gasteiger partial charge in [-0.1, -0.05) is 103 Å². The van der Waals surface area contributed by atoms with E-state index in [4.69, 9.17) is 0 Å². The van der Waals surface area contributed by atoms with Crippen LogP contribution in [0.15, 0.2) is 200 Å². The topological polar surface area (TPSA) is 129 Å². The summed E-state index contributed by atoms with van der Waals surface area (Å²) in [6, 6.07) is 71.7. The molecule has 74 heavy (non-hydrogen) atoms. The lowest BCUT2D eigenvalue weighted by Gasteiger charge is -2.19. The first-order valence-electron chi connectivity index (χ1n) is 23.5. The maximum atomic E-state index is 16.3. The van der Waals surface area contributed by atoms with Crippen LogP contribution in [0.2, 0.25) is 0 Å². The molecule has 0 amide bonds. The summed E-state index contributed by atoms with van der Waals surface area (Å²) < 4.78 is 36.6. The van der Waals surface area contributed by atoms with E-state index in [0.29, 0.717) is 55.7 Å². The van der Waals surface area contributed by atoms with Crippen molar-refractivity contribution < 1.29 is 8.78 Å². The highest BCUT2D eigenvalue weighted by molar-refractivity contribution is 6.14. The molecular weight excluding hydrogens is 917 g/mol. The minimum Gasteiger partial charge on any atom is -0.308 e. The number of halogens is 2. The van der Waals surface area contributed by atoms with Crippen LogP contribution in [0.3, 0.4) is 0 Å². The van der Waals surface area contributed by atoms with E-state index in [0.717, 1.165) is 66.1 Å². The second-order valence-corrected chi connectivity index (χ2v) is 17.8. The van der Waals surface area contributed by atoms with Crippen LogP contribution in [-0.2, 0) is 0 Å². The summed E-state index contributed by atoms with van der Waals surface area (Å²) in [5.41, 5.74) is 11.4. The summed E-state index contributed by atoms with van der Waals surface area (Å²) in [4.78, 5) is 0. The quantitative estimate of drug-likeness (QED) is 0.157. The van der Waals surface area contributed by atoms with Crippen LogP contribution in [0, 0.1) is 68.3 Å². The van der Waals surface area contributed by atoms with Crippen LogP contribution in [0.25, 0.3) is 111 Å². The summed E-state index contributed by atoms with van der Waals surface area (Å²) in [5.74, 6) is -1.58. The monoisotopic (exact) mass is 949 g/mol. The Kier molecular flexibility index (Phi) is 10.7. The van der Waals surface area contributed by atoms with Crippen molar-refractivity contribution in [3.8, 4) is 97.4 Å². The predicted molar refractivity (Wildman–Crippen MR) is 286 cm³/mol. The number of nitrogens with zero attached hydrogens (tertiary/aromatic N) is 7. The van der Waals surface area contributed by atoms with E-state index in [-0.39, 0.29) is 16.7 Å². The molecule has 12 rings (SSSR count). The van der Waals surface area contributed by atoms with Gasteiger partial charge in [-0.05, 0) is 147 Å². The van der Waals surface area contributed by atoms with Crippen molar-refractivity contribution in [3.63, 3.8) is 0 Å². The molecule has 12 aromatic rings. The maximum Gasteiger partial charge on any atom is 0.133 e. The van der Waals surface area contributed by atoms with Gasteiger partial charge in [0.2, 0.25) is 0 Å². The first-order valence-corrected chi connectivity index (χ1v) is 23.5. The first kappa shape index (κ1) is 44.3. The lowest BCUT2D eigenvalue weighted by atomic mass is 9.96. The second-order valence-electron chi connectivity index (χ2n) is 17.8. The molecule has 0 atom stereocenters. The fourth-order valence-corrected chi connectivity index (χ4v) is 10.6. The van der Waals surface area contributed by atoms with Gasteiger partial charge < -0.3 is 9.13 Å². The minimum atomic E-state index is -0.792. The Hall–Kier alpha value is -10.9. The van der Waals surface area contributed by atoms with Crippen LogP contribution >= 0.6 is 0 Å². The molecule has 0 aliphatic carbocycles. The average Bonchev–Trinajstić information content (AvgIpc) is 3.96. The molecule has 0 spiro atoms. The van der Waals surface area contributed by atoms with E-state index in [2.05, 4.69) is 30.3 Å². The number of fused-ring (bicyclic) bond motifs is 6. The van der Waals surface area contributed by atoms with E-state index < -0.39 is 11.6 Å². The van der Waals surface area contributed by atoms with Gasteiger partial charge in [-0.25, -0.2) is 8.78 Å². The third kappa shape index (κ3) is 7.04. The average molecular weight is 950 g/mol. The number of nitriles is 5. The zero-order chi connectivity index (χ0) is 50.6. The largest absolute Gasteiger partial charge is 0.308 e.